The molecule has 0 N–H and O–H groups in total. The Bertz CT molecular complexity index is 269. The summed E-state index contributed by atoms with van der Waals surface area (Å²) >= 11 is 0. The third-order valence-electron chi connectivity index (χ3n) is 2.20. The first kappa shape index (κ1) is 7.47. The fourth-order valence-corrected chi connectivity index (χ4v) is 1.60. The molecule has 1 radical (unpaired) electrons. The van der Waals surface area contributed by atoms with E-state index in [1.54, 1.807) is 7.11 Å². The van der Waals surface area contributed by atoms with Crippen LogP contribution in [-0.4, -0.2) is 13.7 Å². The number of hydrogen-bond acceptors (Lipinski definition) is 1. The van der Waals surface area contributed by atoms with Gasteiger partial charge in [0.15, 0.2) is 0 Å². The Hall–Kier alpha value is -1.18. The highest BCUT2D eigenvalue weighted by Crippen LogP contribution is 2.30. The Morgan fingerprint density at radius 3 is 3.17 bits per heavy atom. The molecule has 0 spiro atoms. The van der Waals surface area contributed by atoms with Gasteiger partial charge in [-0.3, -0.25) is 5.32 Å². The third kappa shape index (κ3) is 1.13. The van der Waals surface area contributed by atoms with Gasteiger partial charge in [0.1, 0.15) is 5.75 Å². The van der Waals surface area contributed by atoms with Crippen LogP contribution in [0.1, 0.15) is 12.0 Å². The predicted octanol–water partition coefficient (Wildman–Crippen LogP) is 1.88. The number of ether oxygens (including phenoxy) is 1. The fourth-order valence-electron chi connectivity index (χ4n) is 1.60. The van der Waals surface area contributed by atoms with Gasteiger partial charge in [0, 0.05) is 12.1 Å². The van der Waals surface area contributed by atoms with Crippen LogP contribution in [0.5, 0.6) is 5.75 Å². The van der Waals surface area contributed by atoms with Crippen LogP contribution in [0, 0.1) is 0 Å². The lowest BCUT2D eigenvalue weighted by molar-refractivity contribution is 0.407. The molecular formula is C10H12NO. The Morgan fingerprint density at radius 2 is 2.33 bits per heavy atom. The van der Waals surface area contributed by atoms with E-state index in [9.17, 15) is 0 Å². The van der Waals surface area contributed by atoms with Crippen molar-refractivity contribution in [2.45, 2.75) is 12.8 Å². The second-order valence-electron chi connectivity index (χ2n) is 2.94. The second kappa shape index (κ2) is 3.05. The van der Waals surface area contributed by atoms with Crippen LogP contribution in [0.3, 0.4) is 0 Å². The number of fused-ring (bicyclic) bond motifs is 1. The Labute approximate surface area is 72.5 Å². The molecule has 2 heteroatoms. The highest BCUT2D eigenvalue weighted by molar-refractivity contribution is 5.54. The summed E-state index contributed by atoms with van der Waals surface area (Å²) in [5.74, 6) is 0.982. The minimum atomic E-state index is 0.958. The van der Waals surface area contributed by atoms with Gasteiger partial charge in [0.25, 0.3) is 0 Å². The molecule has 1 aliphatic heterocycles. The van der Waals surface area contributed by atoms with Crippen molar-refractivity contribution < 1.29 is 4.74 Å². The summed E-state index contributed by atoms with van der Waals surface area (Å²) in [6, 6.07) is 6.04. The molecule has 0 aliphatic carbocycles. The summed E-state index contributed by atoms with van der Waals surface area (Å²) in [6.45, 7) is 0.958. The molecule has 0 fully saturated rings. The molecule has 1 aromatic carbocycles. The average Bonchev–Trinajstić information content (AvgIpc) is 2.17. The molecule has 0 bridgehead atoms. The van der Waals surface area contributed by atoms with E-state index in [1.165, 1.54) is 5.56 Å². The third-order valence-corrected chi connectivity index (χ3v) is 2.20. The molecule has 63 valence electrons. The number of nitrogens with zero attached hydrogens (tertiary/aromatic N) is 1. The maximum absolute atomic E-state index is 5.25. The zero-order chi connectivity index (χ0) is 8.39. The van der Waals surface area contributed by atoms with Crippen LogP contribution in [0.2, 0.25) is 0 Å². The van der Waals surface area contributed by atoms with Gasteiger partial charge in [0.05, 0.1) is 12.8 Å². The summed E-state index contributed by atoms with van der Waals surface area (Å²) in [5, 5.41) is 4.42. The molecule has 0 saturated heterocycles. The molecule has 1 aromatic rings. The highest BCUT2D eigenvalue weighted by atomic mass is 16.5. The molecule has 0 saturated carbocycles. The van der Waals surface area contributed by atoms with Crippen molar-refractivity contribution in [1.82, 2.24) is 5.32 Å². The smallest absolute Gasteiger partial charge is 0.124 e. The number of rotatable bonds is 1. The van der Waals surface area contributed by atoms with Gasteiger partial charge in [-0.05, 0) is 25.0 Å². The van der Waals surface area contributed by atoms with E-state index < -0.39 is 0 Å². The van der Waals surface area contributed by atoms with Crippen LogP contribution in [0.25, 0.3) is 0 Å². The highest BCUT2D eigenvalue weighted by Gasteiger charge is 2.13. The van der Waals surface area contributed by atoms with Crippen LogP contribution in [0.4, 0.5) is 5.69 Å². The average molecular weight is 162 g/mol. The summed E-state index contributed by atoms with van der Waals surface area (Å²) < 4.78 is 5.25. The number of benzene rings is 1. The standard InChI is InChI=1S/C10H12NO/c1-12-10-6-2-5-9-8(10)4-3-7-11-9/h2,5-6H,3-4,7H2,1H3. The van der Waals surface area contributed by atoms with Crippen molar-refractivity contribution in [1.29, 1.82) is 0 Å². The zero-order valence-electron chi connectivity index (χ0n) is 7.21. The molecule has 1 heterocycles. The number of methoxy groups -OCH3 is 1. The molecule has 2 rings (SSSR count). The van der Waals surface area contributed by atoms with Gasteiger partial charge < -0.3 is 4.74 Å². The topological polar surface area (TPSA) is 23.3 Å². The minimum absolute atomic E-state index is 0.958. The van der Waals surface area contributed by atoms with Crippen molar-refractivity contribution in [2.75, 3.05) is 13.7 Å². The van der Waals surface area contributed by atoms with E-state index in [0.717, 1.165) is 30.8 Å². The van der Waals surface area contributed by atoms with Crippen molar-refractivity contribution in [3.05, 3.63) is 23.8 Å². The van der Waals surface area contributed by atoms with Gasteiger partial charge in [0.2, 0.25) is 0 Å². The molecule has 12 heavy (non-hydrogen) atoms. The van der Waals surface area contributed by atoms with E-state index in [-0.39, 0.29) is 0 Å². The summed E-state index contributed by atoms with van der Waals surface area (Å²) in [6.07, 6.45) is 2.25. The zero-order valence-corrected chi connectivity index (χ0v) is 7.21. The Morgan fingerprint density at radius 1 is 1.42 bits per heavy atom. The lowest BCUT2D eigenvalue weighted by atomic mass is 10.0. The lowest BCUT2D eigenvalue weighted by Gasteiger charge is -2.17. The van der Waals surface area contributed by atoms with Crippen molar-refractivity contribution in [3.63, 3.8) is 0 Å². The normalized spacial score (nSPS) is 14.8. The minimum Gasteiger partial charge on any atom is -0.496 e. The van der Waals surface area contributed by atoms with Gasteiger partial charge in [-0.1, -0.05) is 6.07 Å². The summed E-state index contributed by atoms with van der Waals surface area (Å²) in [7, 11) is 1.71. The van der Waals surface area contributed by atoms with E-state index >= 15 is 0 Å². The van der Waals surface area contributed by atoms with Crippen LogP contribution >= 0.6 is 0 Å². The van der Waals surface area contributed by atoms with E-state index in [2.05, 4.69) is 11.4 Å². The van der Waals surface area contributed by atoms with E-state index in [4.69, 9.17) is 4.74 Å². The van der Waals surface area contributed by atoms with Gasteiger partial charge >= 0.3 is 0 Å². The fraction of sp³-hybridized carbons (Fsp3) is 0.400. The number of hydrogen-bond donors (Lipinski definition) is 0. The van der Waals surface area contributed by atoms with Gasteiger partial charge in [-0.15, -0.1) is 0 Å². The molecule has 2 nitrogen and oxygen atoms in total. The maximum Gasteiger partial charge on any atom is 0.124 e. The quantitative estimate of drug-likeness (QED) is 0.618. The molecule has 0 amide bonds. The van der Waals surface area contributed by atoms with Crippen molar-refractivity contribution in [2.24, 2.45) is 0 Å². The maximum atomic E-state index is 5.25. The largest absolute Gasteiger partial charge is 0.496 e. The Kier molecular flexibility index (Phi) is 1.90. The van der Waals surface area contributed by atoms with Crippen LogP contribution < -0.4 is 10.1 Å². The van der Waals surface area contributed by atoms with Gasteiger partial charge in [-0.25, -0.2) is 0 Å². The van der Waals surface area contributed by atoms with Crippen LogP contribution in [-0.2, 0) is 6.42 Å². The SMILES string of the molecule is COc1cccc2c1CCC[N]2. The lowest BCUT2D eigenvalue weighted by Crippen LogP contribution is -2.11. The van der Waals surface area contributed by atoms with Gasteiger partial charge in [-0.2, -0.15) is 0 Å². The van der Waals surface area contributed by atoms with Crippen LogP contribution in [0.15, 0.2) is 18.2 Å². The van der Waals surface area contributed by atoms with Crippen molar-refractivity contribution in [3.8, 4) is 5.75 Å². The first-order valence-electron chi connectivity index (χ1n) is 4.25. The van der Waals surface area contributed by atoms with Crippen molar-refractivity contribution >= 4 is 5.69 Å². The molecular weight excluding hydrogens is 150 g/mol. The molecule has 0 aromatic heterocycles. The first-order chi connectivity index (χ1) is 5.92. The molecule has 0 unspecified atom stereocenters. The summed E-state index contributed by atoms with van der Waals surface area (Å²) in [5.41, 5.74) is 2.38. The second-order valence-corrected chi connectivity index (χ2v) is 2.94. The predicted molar refractivity (Wildman–Crippen MR) is 48.0 cm³/mol. The first-order valence-corrected chi connectivity index (χ1v) is 4.25. The molecule has 1 aliphatic rings. The monoisotopic (exact) mass is 162 g/mol. The van der Waals surface area contributed by atoms with E-state index in [1.807, 2.05) is 12.1 Å². The molecule has 0 atom stereocenters. The Balaban J connectivity index is 2.44. The summed E-state index contributed by atoms with van der Waals surface area (Å²) in [4.78, 5) is 0. The van der Waals surface area contributed by atoms with E-state index in [0.29, 0.717) is 0 Å².